The van der Waals surface area contributed by atoms with Crippen molar-refractivity contribution < 1.29 is 9.59 Å². The lowest BCUT2D eigenvalue weighted by Crippen LogP contribution is -1.94. The maximum Gasteiger partial charge on any atom is 0.240 e. The van der Waals surface area contributed by atoms with E-state index in [1.807, 2.05) is 19.9 Å². The molecule has 1 aromatic carbocycles. The van der Waals surface area contributed by atoms with Crippen molar-refractivity contribution in [3.05, 3.63) is 64.4 Å². The average molecular weight is 364 g/mol. The molecule has 0 aliphatic heterocycles. The van der Waals surface area contributed by atoms with Crippen LogP contribution in [0.3, 0.4) is 0 Å². The summed E-state index contributed by atoms with van der Waals surface area (Å²) in [5.74, 6) is 0. The molecule has 0 bridgehead atoms. The van der Waals surface area contributed by atoms with Gasteiger partial charge in [0.05, 0.1) is 11.4 Å². The maximum atomic E-state index is 10.8. The summed E-state index contributed by atoms with van der Waals surface area (Å²) in [7, 11) is 0. The minimum absolute atomic E-state index is 0.630. The molecule has 27 heavy (non-hydrogen) atoms. The topological polar surface area (TPSA) is 58.9 Å². The van der Waals surface area contributed by atoms with Gasteiger partial charge in [-0.05, 0) is 59.9 Å². The summed E-state index contributed by atoms with van der Waals surface area (Å²) in [5.41, 5.74) is 6.45. The molecule has 0 unspecified atom stereocenters. The molecule has 142 valence electrons. The number of rotatable bonds is 10. The smallest absolute Gasteiger partial charge is 0.211 e. The molecule has 0 aliphatic rings. The molecule has 1 aromatic rings. The fourth-order valence-electron chi connectivity index (χ4n) is 2.97. The molecule has 0 spiro atoms. The van der Waals surface area contributed by atoms with Crippen LogP contribution in [0, 0.1) is 0 Å². The van der Waals surface area contributed by atoms with E-state index in [4.69, 9.17) is 0 Å². The molecule has 4 nitrogen and oxygen atoms in total. The number of carbonyl (C=O) groups excluding carboxylic acids is 2. The SMILES string of the molecule is C=C(CC)/C(N=C=O)=C(\C=C\Cc1cc(CC)c(N=C=O)c(CC)c1)CC. The molecule has 0 atom stereocenters. The first-order valence-corrected chi connectivity index (χ1v) is 9.44. The number of aryl methyl sites for hydroxylation is 2. The van der Waals surface area contributed by atoms with E-state index in [1.54, 1.807) is 12.2 Å². The Balaban J connectivity index is 3.23. The number of isocyanates is 2. The molecule has 1 rings (SSSR count). The molecule has 0 aliphatic carbocycles. The Bertz CT molecular complexity index is 809. The van der Waals surface area contributed by atoms with Crippen LogP contribution in [0.4, 0.5) is 5.69 Å². The van der Waals surface area contributed by atoms with Crippen molar-refractivity contribution in [2.24, 2.45) is 9.98 Å². The van der Waals surface area contributed by atoms with Gasteiger partial charge in [0.15, 0.2) is 0 Å². The van der Waals surface area contributed by atoms with Gasteiger partial charge in [-0.15, -0.1) is 0 Å². The molecule has 0 radical (unpaired) electrons. The summed E-state index contributed by atoms with van der Waals surface area (Å²) < 4.78 is 0. The first-order valence-electron chi connectivity index (χ1n) is 9.44. The van der Waals surface area contributed by atoms with Crippen molar-refractivity contribution in [2.75, 3.05) is 0 Å². The minimum Gasteiger partial charge on any atom is -0.211 e. The molecule has 4 heteroatoms. The third kappa shape index (κ3) is 6.14. The van der Waals surface area contributed by atoms with Crippen molar-refractivity contribution in [2.45, 2.75) is 59.8 Å². The fraction of sp³-hybridized carbons (Fsp3) is 0.391. The molecule has 0 saturated heterocycles. The summed E-state index contributed by atoms with van der Waals surface area (Å²) in [4.78, 5) is 29.2. The van der Waals surface area contributed by atoms with E-state index < -0.39 is 0 Å². The lowest BCUT2D eigenvalue weighted by atomic mass is 9.97. The molecular weight excluding hydrogens is 336 g/mol. The van der Waals surface area contributed by atoms with E-state index in [1.165, 1.54) is 0 Å². The highest BCUT2D eigenvalue weighted by atomic mass is 16.1. The van der Waals surface area contributed by atoms with Gasteiger partial charge in [-0.3, -0.25) is 0 Å². The standard InChI is InChI=1S/C23H28N2O2/c1-6-17(5)22(24-15-26)19(7-2)12-10-11-18-13-20(8-3)23(25-16-27)21(9-4)14-18/h10,12-14H,5-9,11H2,1-4H3/b12-10+,22-19+. The average Bonchev–Trinajstić information content (AvgIpc) is 2.69. The molecule has 0 saturated carbocycles. The highest BCUT2D eigenvalue weighted by molar-refractivity contribution is 5.60. The zero-order valence-electron chi connectivity index (χ0n) is 16.8. The minimum atomic E-state index is 0.630. The predicted molar refractivity (Wildman–Crippen MR) is 111 cm³/mol. The summed E-state index contributed by atoms with van der Waals surface area (Å²) in [5, 5.41) is 0. The van der Waals surface area contributed by atoms with E-state index in [9.17, 15) is 9.59 Å². The van der Waals surface area contributed by atoms with Crippen LogP contribution in [0.15, 0.2) is 57.7 Å². The Morgan fingerprint density at radius 1 is 1.04 bits per heavy atom. The molecule has 0 N–H and O–H groups in total. The number of nitrogens with zero attached hydrogens (tertiary/aromatic N) is 2. The predicted octanol–water partition coefficient (Wildman–Crippen LogP) is 5.84. The van der Waals surface area contributed by atoms with E-state index in [0.29, 0.717) is 5.70 Å². The summed E-state index contributed by atoms with van der Waals surface area (Å²) in [6.45, 7) is 12.1. The zero-order chi connectivity index (χ0) is 20.2. The molecular formula is C23H28N2O2. The van der Waals surface area contributed by atoms with Gasteiger partial charge >= 0.3 is 0 Å². The summed E-state index contributed by atoms with van der Waals surface area (Å²) in [6, 6.07) is 4.18. The normalized spacial score (nSPS) is 11.6. The third-order valence-corrected chi connectivity index (χ3v) is 4.52. The van der Waals surface area contributed by atoms with Crippen molar-refractivity contribution >= 4 is 17.8 Å². The lowest BCUT2D eigenvalue weighted by Gasteiger charge is -2.11. The van der Waals surface area contributed by atoms with Gasteiger partial charge in [-0.25, -0.2) is 9.59 Å². The number of hydrogen-bond acceptors (Lipinski definition) is 4. The molecule has 0 fully saturated rings. The van der Waals surface area contributed by atoms with Crippen molar-refractivity contribution in [3.8, 4) is 0 Å². The molecule has 0 amide bonds. The largest absolute Gasteiger partial charge is 0.240 e. The number of hydrogen-bond donors (Lipinski definition) is 0. The van der Waals surface area contributed by atoms with Crippen LogP contribution in [0.5, 0.6) is 0 Å². The lowest BCUT2D eigenvalue weighted by molar-refractivity contribution is 0.564. The van der Waals surface area contributed by atoms with Gasteiger partial charge in [0.2, 0.25) is 12.2 Å². The van der Waals surface area contributed by atoms with Crippen LogP contribution >= 0.6 is 0 Å². The van der Waals surface area contributed by atoms with Crippen LogP contribution in [0.2, 0.25) is 0 Å². The first-order chi connectivity index (χ1) is 13.1. The van der Waals surface area contributed by atoms with E-state index in [-0.39, 0.29) is 0 Å². The third-order valence-electron chi connectivity index (χ3n) is 4.52. The van der Waals surface area contributed by atoms with E-state index in [2.05, 4.69) is 48.6 Å². The van der Waals surface area contributed by atoms with Crippen LogP contribution < -0.4 is 0 Å². The van der Waals surface area contributed by atoms with E-state index >= 15 is 0 Å². The Hall–Kier alpha value is -2.80. The highest BCUT2D eigenvalue weighted by Crippen LogP contribution is 2.28. The van der Waals surface area contributed by atoms with Crippen LogP contribution in [-0.4, -0.2) is 12.2 Å². The van der Waals surface area contributed by atoms with Gasteiger partial charge in [0.1, 0.15) is 0 Å². The quantitative estimate of drug-likeness (QED) is 0.297. The van der Waals surface area contributed by atoms with Gasteiger partial charge in [-0.1, -0.05) is 58.6 Å². The molecule has 0 heterocycles. The Morgan fingerprint density at radius 3 is 2.11 bits per heavy atom. The zero-order valence-corrected chi connectivity index (χ0v) is 16.8. The Kier molecular flexibility index (Phi) is 9.68. The van der Waals surface area contributed by atoms with Crippen molar-refractivity contribution in [1.29, 1.82) is 0 Å². The van der Waals surface area contributed by atoms with Gasteiger partial charge < -0.3 is 0 Å². The highest BCUT2D eigenvalue weighted by Gasteiger charge is 2.09. The summed E-state index contributed by atoms with van der Waals surface area (Å²) in [6.07, 6.45) is 11.2. The van der Waals surface area contributed by atoms with Crippen LogP contribution in [0.25, 0.3) is 0 Å². The molecule has 0 aromatic heterocycles. The summed E-state index contributed by atoms with van der Waals surface area (Å²) >= 11 is 0. The van der Waals surface area contributed by atoms with Crippen molar-refractivity contribution in [3.63, 3.8) is 0 Å². The first kappa shape index (κ1) is 22.2. The Labute approximate surface area is 162 Å². The van der Waals surface area contributed by atoms with Crippen LogP contribution in [0.1, 0.15) is 57.2 Å². The maximum absolute atomic E-state index is 10.8. The second-order valence-electron chi connectivity index (χ2n) is 6.17. The number of allylic oxidation sites excluding steroid dienone is 4. The second kappa shape index (κ2) is 11.7. The number of benzene rings is 1. The van der Waals surface area contributed by atoms with Crippen molar-refractivity contribution in [1.82, 2.24) is 0 Å². The van der Waals surface area contributed by atoms with Gasteiger partial charge in [0.25, 0.3) is 0 Å². The fourth-order valence-corrected chi connectivity index (χ4v) is 2.97. The monoisotopic (exact) mass is 364 g/mol. The number of aliphatic imine (C=N–C) groups is 2. The van der Waals surface area contributed by atoms with Gasteiger partial charge in [-0.2, -0.15) is 9.98 Å². The van der Waals surface area contributed by atoms with Gasteiger partial charge in [0, 0.05) is 0 Å². The Morgan fingerprint density at radius 2 is 1.67 bits per heavy atom. The van der Waals surface area contributed by atoms with E-state index in [0.717, 1.165) is 65.6 Å². The van der Waals surface area contributed by atoms with Crippen LogP contribution in [-0.2, 0) is 28.9 Å². The second-order valence-corrected chi connectivity index (χ2v) is 6.17.